The van der Waals surface area contributed by atoms with E-state index in [1.165, 1.54) is 54.5 Å². The van der Waals surface area contributed by atoms with E-state index >= 15 is 0 Å². The minimum absolute atomic E-state index is 0.709. The topological polar surface area (TPSA) is 15.3 Å². The second kappa shape index (κ2) is 8.22. The molecule has 1 fully saturated rings. The summed E-state index contributed by atoms with van der Waals surface area (Å²) >= 11 is 2.37. The van der Waals surface area contributed by atoms with Crippen molar-refractivity contribution in [2.45, 2.75) is 45.2 Å². The van der Waals surface area contributed by atoms with Gasteiger partial charge < -0.3 is 5.32 Å². The second-order valence-electron chi connectivity index (χ2n) is 5.51. The zero-order valence-corrected chi connectivity index (χ0v) is 14.0. The highest BCUT2D eigenvalue weighted by molar-refractivity contribution is 14.1. The maximum atomic E-state index is 3.62. The van der Waals surface area contributed by atoms with E-state index in [-0.39, 0.29) is 0 Å². The molecule has 0 spiro atoms. The number of nitrogens with one attached hydrogen (secondary N) is 1. The number of rotatable bonds is 7. The highest BCUT2D eigenvalue weighted by Gasteiger charge is 2.17. The molecule has 1 aliphatic rings. The first-order valence-corrected chi connectivity index (χ1v) is 8.56. The molecule has 106 valence electrons. The lowest BCUT2D eigenvalue weighted by Gasteiger charge is -2.25. The highest BCUT2D eigenvalue weighted by atomic mass is 127. The smallest absolute Gasteiger partial charge is 0.0234 e. The molecule has 0 saturated carbocycles. The molecule has 0 amide bonds. The number of benzene rings is 1. The largest absolute Gasteiger partial charge is 0.313 e. The van der Waals surface area contributed by atoms with Gasteiger partial charge in [-0.15, -0.1) is 0 Å². The van der Waals surface area contributed by atoms with Crippen molar-refractivity contribution in [3.05, 3.63) is 33.4 Å². The van der Waals surface area contributed by atoms with Crippen molar-refractivity contribution in [3.8, 4) is 0 Å². The first-order chi connectivity index (χ1) is 9.28. The van der Waals surface area contributed by atoms with Crippen molar-refractivity contribution in [2.75, 3.05) is 19.6 Å². The fourth-order valence-corrected chi connectivity index (χ4v) is 3.05. The van der Waals surface area contributed by atoms with Crippen LogP contribution in [0.3, 0.4) is 0 Å². The van der Waals surface area contributed by atoms with Crippen LogP contribution in [0.5, 0.6) is 0 Å². The lowest BCUT2D eigenvalue weighted by Crippen LogP contribution is -2.37. The van der Waals surface area contributed by atoms with Crippen LogP contribution in [0.2, 0.25) is 0 Å². The summed E-state index contributed by atoms with van der Waals surface area (Å²) in [6.45, 7) is 6.99. The Kier molecular flexibility index (Phi) is 6.61. The normalized spacial score (nSPS) is 19.2. The third-order valence-corrected chi connectivity index (χ3v) is 4.51. The fraction of sp³-hybridized carbons (Fsp3) is 0.625. The summed E-state index contributed by atoms with van der Waals surface area (Å²) in [6, 6.07) is 9.66. The van der Waals surface area contributed by atoms with Crippen LogP contribution in [0.15, 0.2) is 24.3 Å². The number of hydrogen-bond donors (Lipinski definition) is 1. The third kappa shape index (κ3) is 5.40. The molecule has 1 unspecified atom stereocenters. The quantitative estimate of drug-likeness (QED) is 0.736. The molecule has 2 nitrogen and oxygen atoms in total. The molecule has 1 aromatic rings. The van der Waals surface area contributed by atoms with Crippen molar-refractivity contribution < 1.29 is 0 Å². The minimum Gasteiger partial charge on any atom is -0.313 e. The Labute approximate surface area is 131 Å². The number of nitrogens with zero attached hydrogens (tertiary/aromatic N) is 1. The van der Waals surface area contributed by atoms with Crippen LogP contribution in [-0.2, 0) is 6.54 Å². The molecular formula is C16H25IN2. The lowest BCUT2D eigenvalue weighted by atomic mass is 10.1. The van der Waals surface area contributed by atoms with Crippen LogP contribution in [0, 0.1) is 3.57 Å². The average molecular weight is 372 g/mol. The highest BCUT2D eigenvalue weighted by Crippen LogP contribution is 2.13. The van der Waals surface area contributed by atoms with Gasteiger partial charge in [0.15, 0.2) is 0 Å². The van der Waals surface area contributed by atoms with Crippen molar-refractivity contribution in [2.24, 2.45) is 0 Å². The first-order valence-electron chi connectivity index (χ1n) is 7.48. The third-order valence-electron chi connectivity index (χ3n) is 3.79. The molecule has 3 heteroatoms. The average Bonchev–Trinajstić information content (AvgIpc) is 2.91. The number of halogens is 1. The molecule has 1 aliphatic heterocycles. The summed E-state index contributed by atoms with van der Waals surface area (Å²) in [5.74, 6) is 0. The predicted molar refractivity (Wildman–Crippen MR) is 90.4 cm³/mol. The van der Waals surface area contributed by atoms with Crippen molar-refractivity contribution in [1.82, 2.24) is 10.2 Å². The number of hydrogen-bond acceptors (Lipinski definition) is 2. The van der Waals surface area contributed by atoms with Gasteiger partial charge in [0, 0.05) is 22.7 Å². The van der Waals surface area contributed by atoms with Gasteiger partial charge in [-0.05, 0) is 72.6 Å². The molecule has 1 saturated heterocycles. The van der Waals surface area contributed by atoms with Crippen LogP contribution >= 0.6 is 22.6 Å². The lowest BCUT2D eigenvalue weighted by molar-refractivity contribution is 0.237. The molecule has 0 radical (unpaired) electrons. The van der Waals surface area contributed by atoms with Crippen LogP contribution in [0.25, 0.3) is 0 Å². The number of unbranched alkanes of at least 4 members (excludes halogenated alkanes) is 1. The Morgan fingerprint density at radius 2 is 2.11 bits per heavy atom. The van der Waals surface area contributed by atoms with Gasteiger partial charge in [0.25, 0.3) is 0 Å². The first kappa shape index (κ1) is 15.3. The van der Waals surface area contributed by atoms with E-state index in [0.29, 0.717) is 6.04 Å². The molecule has 1 atom stereocenters. The molecule has 0 aliphatic carbocycles. The van der Waals surface area contributed by atoms with Crippen LogP contribution in [0.1, 0.15) is 38.2 Å². The summed E-state index contributed by atoms with van der Waals surface area (Å²) in [5.41, 5.74) is 1.44. The molecule has 1 aromatic carbocycles. The van der Waals surface area contributed by atoms with Gasteiger partial charge >= 0.3 is 0 Å². The molecule has 2 rings (SSSR count). The monoisotopic (exact) mass is 372 g/mol. The van der Waals surface area contributed by atoms with Gasteiger partial charge in [-0.3, -0.25) is 4.90 Å². The van der Waals surface area contributed by atoms with Gasteiger partial charge in [0.1, 0.15) is 0 Å². The molecule has 0 bridgehead atoms. The van der Waals surface area contributed by atoms with Crippen LogP contribution < -0.4 is 5.32 Å². The zero-order chi connectivity index (χ0) is 13.5. The molecular weight excluding hydrogens is 347 g/mol. The minimum atomic E-state index is 0.709. The van der Waals surface area contributed by atoms with E-state index in [1.54, 1.807) is 0 Å². The van der Waals surface area contributed by atoms with E-state index in [0.717, 1.165) is 6.54 Å². The van der Waals surface area contributed by atoms with Gasteiger partial charge in [0.05, 0.1) is 0 Å². The second-order valence-corrected chi connectivity index (χ2v) is 6.75. The van der Waals surface area contributed by atoms with Crippen molar-refractivity contribution in [3.63, 3.8) is 0 Å². The molecule has 19 heavy (non-hydrogen) atoms. The van der Waals surface area contributed by atoms with E-state index in [4.69, 9.17) is 0 Å². The van der Waals surface area contributed by atoms with E-state index in [9.17, 15) is 0 Å². The summed E-state index contributed by atoms with van der Waals surface area (Å²) < 4.78 is 1.32. The zero-order valence-electron chi connectivity index (χ0n) is 11.9. The Morgan fingerprint density at radius 3 is 2.74 bits per heavy atom. The maximum absolute atomic E-state index is 3.62. The summed E-state index contributed by atoms with van der Waals surface area (Å²) in [4.78, 5) is 2.62. The molecule has 1 heterocycles. The SMILES string of the molecule is CCCCN(Cc1ccc(I)cc1)CC1CCCN1. The summed E-state index contributed by atoms with van der Waals surface area (Å²) in [6.07, 6.45) is 5.27. The van der Waals surface area contributed by atoms with Crippen LogP contribution in [-0.4, -0.2) is 30.6 Å². The molecule has 0 aromatic heterocycles. The standard InChI is InChI=1S/C16H25IN2/c1-2-3-11-19(13-16-5-4-10-18-16)12-14-6-8-15(17)9-7-14/h6-9,16,18H,2-5,10-13H2,1H3. The summed E-state index contributed by atoms with van der Waals surface area (Å²) in [7, 11) is 0. The Bertz CT molecular complexity index is 358. The van der Waals surface area contributed by atoms with E-state index in [1.807, 2.05) is 0 Å². The van der Waals surface area contributed by atoms with Gasteiger partial charge in [0.2, 0.25) is 0 Å². The van der Waals surface area contributed by atoms with E-state index in [2.05, 4.69) is 64.0 Å². The van der Waals surface area contributed by atoms with Crippen molar-refractivity contribution >= 4 is 22.6 Å². The van der Waals surface area contributed by atoms with Gasteiger partial charge in [-0.1, -0.05) is 25.5 Å². The maximum Gasteiger partial charge on any atom is 0.0234 e. The summed E-state index contributed by atoms with van der Waals surface area (Å²) in [5, 5.41) is 3.62. The van der Waals surface area contributed by atoms with Gasteiger partial charge in [-0.25, -0.2) is 0 Å². The van der Waals surface area contributed by atoms with Gasteiger partial charge in [-0.2, -0.15) is 0 Å². The Balaban J connectivity index is 1.89. The van der Waals surface area contributed by atoms with Crippen LogP contribution in [0.4, 0.5) is 0 Å². The Hall–Kier alpha value is -0.130. The van der Waals surface area contributed by atoms with E-state index < -0.39 is 0 Å². The Morgan fingerprint density at radius 1 is 1.32 bits per heavy atom. The van der Waals surface area contributed by atoms with Crippen molar-refractivity contribution in [1.29, 1.82) is 0 Å². The molecule has 1 N–H and O–H groups in total. The predicted octanol–water partition coefficient (Wildman–Crippen LogP) is 3.65. The fourth-order valence-electron chi connectivity index (χ4n) is 2.69.